The van der Waals surface area contributed by atoms with Crippen molar-refractivity contribution in [3.8, 4) is 0 Å². The molecular weight excluding hydrogens is 408 g/mol. The number of pyridine rings is 1. The molecule has 0 amide bonds. The summed E-state index contributed by atoms with van der Waals surface area (Å²) in [6, 6.07) is 17.9. The number of carbonyl (C=O) groups is 1. The van der Waals surface area contributed by atoms with Crippen molar-refractivity contribution in [2.75, 3.05) is 0 Å². The van der Waals surface area contributed by atoms with Gasteiger partial charge < -0.3 is 5.11 Å². The summed E-state index contributed by atoms with van der Waals surface area (Å²) in [5, 5.41) is 13.4. The molecule has 3 aromatic carbocycles. The van der Waals surface area contributed by atoms with Crippen LogP contribution >= 0.6 is 0 Å². The Morgan fingerprint density at radius 1 is 1.00 bits per heavy atom. The maximum atomic E-state index is 12.3. The zero-order valence-corrected chi connectivity index (χ0v) is 19.1. The normalized spacial score (nSPS) is 10.7. The van der Waals surface area contributed by atoms with Gasteiger partial charge in [0.1, 0.15) is 0 Å². The van der Waals surface area contributed by atoms with E-state index in [-0.39, 0.29) is 0 Å². The second-order valence-electron chi connectivity index (χ2n) is 7.50. The van der Waals surface area contributed by atoms with Gasteiger partial charge in [-0.3, -0.25) is 9.98 Å². The summed E-state index contributed by atoms with van der Waals surface area (Å²) >= 11 is 0. The molecular formula is C29H28N2O2. The molecule has 166 valence electrons. The van der Waals surface area contributed by atoms with Gasteiger partial charge in [0.25, 0.3) is 0 Å². The molecule has 0 saturated heterocycles. The summed E-state index contributed by atoms with van der Waals surface area (Å²) in [4.78, 5) is 20.5. The van der Waals surface area contributed by atoms with E-state index >= 15 is 0 Å². The Kier molecular flexibility index (Phi) is 7.87. The minimum atomic E-state index is -0.932. The quantitative estimate of drug-likeness (QED) is 0.250. The molecule has 4 aromatic rings. The Bertz CT molecular complexity index is 1340. The van der Waals surface area contributed by atoms with Gasteiger partial charge in [-0.1, -0.05) is 57.3 Å². The van der Waals surface area contributed by atoms with Gasteiger partial charge in [-0.2, -0.15) is 0 Å². The smallest absolute Gasteiger partial charge is 0.336 e. The molecule has 4 rings (SSSR count). The van der Waals surface area contributed by atoms with Gasteiger partial charge >= 0.3 is 5.97 Å². The number of aromatic carboxylic acids is 1. The van der Waals surface area contributed by atoms with Gasteiger partial charge in [0, 0.05) is 24.8 Å². The SMILES string of the molecule is C=CN=CC(=C)Cc1ccc2cc3ccc(Cc4cccnc4)cc3c(C(=O)O)c2c1.CC. The fourth-order valence-electron chi connectivity index (χ4n) is 3.86. The van der Waals surface area contributed by atoms with Crippen LogP contribution in [0.2, 0.25) is 0 Å². The summed E-state index contributed by atoms with van der Waals surface area (Å²) in [5.74, 6) is -0.932. The lowest BCUT2D eigenvalue weighted by atomic mass is 9.92. The van der Waals surface area contributed by atoms with E-state index in [1.165, 1.54) is 6.20 Å². The van der Waals surface area contributed by atoms with Crippen molar-refractivity contribution in [2.24, 2.45) is 4.99 Å². The van der Waals surface area contributed by atoms with Crippen LogP contribution in [0.3, 0.4) is 0 Å². The summed E-state index contributed by atoms with van der Waals surface area (Å²) < 4.78 is 0. The van der Waals surface area contributed by atoms with E-state index in [4.69, 9.17) is 0 Å². The molecule has 0 aliphatic rings. The molecule has 0 spiro atoms. The monoisotopic (exact) mass is 436 g/mol. The highest BCUT2D eigenvalue weighted by Gasteiger charge is 2.15. The third-order valence-electron chi connectivity index (χ3n) is 5.22. The molecule has 0 fully saturated rings. The van der Waals surface area contributed by atoms with Gasteiger partial charge in [-0.25, -0.2) is 4.79 Å². The Balaban J connectivity index is 0.00000149. The number of rotatable bonds is 7. The predicted octanol–water partition coefficient (Wildman–Crippen LogP) is 7.02. The highest BCUT2D eigenvalue weighted by atomic mass is 16.4. The Labute approximate surface area is 194 Å². The number of hydrogen-bond donors (Lipinski definition) is 1. The van der Waals surface area contributed by atoms with Gasteiger partial charge in [0.2, 0.25) is 0 Å². The number of benzene rings is 3. The van der Waals surface area contributed by atoms with Gasteiger partial charge in [0.05, 0.1) is 5.56 Å². The van der Waals surface area contributed by atoms with Crippen molar-refractivity contribution >= 4 is 33.7 Å². The minimum Gasteiger partial charge on any atom is -0.478 e. The zero-order valence-electron chi connectivity index (χ0n) is 19.1. The number of allylic oxidation sites excluding steroid dienone is 1. The molecule has 1 heterocycles. The molecule has 0 bridgehead atoms. The van der Waals surface area contributed by atoms with E-state index in [2.05, 4.69) is 23.1 Å². The molecule has 0 saturated carbocycles. The van der Waals surface area contributed by atoms with Crippen LogP contribution in [0.25, 0.3) is 21.5 Å². The molecule has 1 N–H and O–H groups in total. The van der Waals surface area contributed by atoms with Crippen molar-refractivity contribution in [1.29, 1.82) is 0 Å². The van der Waals surface area contributed by atoms with Crippen LogP contribution in [0.15, 0.2) is 96.9 Å². The molecule has 0 unspecified atom stereocenters. The fourth-order valence-corrected chi connectivity index (χ4v) is 3.86. The number of aliphatic imine (C=N–C) groups is 1. The van der Waals surface area contributed by atoms with Crippen molar-refractivity contribution in [1.82, 2.24) is 4.98 Å². The first-order valence-electron chi connectivity index (χ1n) is 11.0. The second-order valence-corrected chi connectivity index (χ2v) is 7.50. The maximum Gasteiger partial charge on any atom is 0.336 e. The van der Waals surface area contributed by atoms with Crippen LogP contribution in [0.1, 0.15) is 40.9 Å². The maximum absolute atomic E-state index is 12.3. The van der Waals surface area contributed by atoms with Crippen molar-refractivity contribution in [3.63, 3.8) is 0 Å². The first-order valence-corrected chi connectivity index (χ1v) is 11.0. The molecule has 0 aliphatic carbocycles. The third kappa shape index (κ3) is 5.60. The van der Waals surface area contributed by atoms with E-state index < -0.39 is 5.97 Å². The van der Waals surface area contributed by atoms with Crippen LogP contribution in [0.4, 0.5) is 0 Å². The van der Waals surface area contributed by atoms with E-state index in [0.717, 1.165) is 43.8 Å². The van der Waals surface area contributed by atoms with Crippen LogP contribution in [-0.2, 0) is 12.8 Å². The molecule has 33 heavy (non-hydrogen) atoms. The van der Waals surface area contributed by atoms with E-state index in [9.17, 15) is 9.90 Å². The standard InChI is InChI=1S/C27H22N2O2.C2H6/c1-3-28-16-18(2)11-19-6-8-22-15-23-9-7-20(12-21-5-4-10-29-17-21)14-25(23)26(27(30)31)24(22)13-19;1-2/h3-10,13-17H,1-2,11-12H2,(H,30,31);1-2H3. The Morgan fingerprint density at radius 3 is 2.27 bits per heavy atom. The van der Waals surface area contributed by atoms with Crippen LogP contribution < -0.4 is 0 Å². The van der Waals surface area contributed by atoms with Crippen LogP contribution in [0, 0.1) is 0 Å². The first kappa shape index (κ1) is 23.6. The molecule has 0 radical (unpaired) electrons. The zero-order chi connectivity index (χ0) is 23.8. The van der Waals surface area contributed by atoms with Crippen molar-refractivity contribution in [2.45, 2.75) is 26.7 Å². The third-order valence-corrected chi connectivity index (χ3v) is 5.22. The highest BCUT2D eigenvalue weighted by Crippen LogP contribution is 2.31. The van der Waals surface area contributed by atoms with E-state index in [0.29, 0.717) is 18.4 Å². The number of nitrogens with zero attached hydrogens (tertiary/aromatic N) is 2. The lowest BCUT2D eigenvalue weighted by Crippen LogP contribution is -2.01. The fraction of sp³-hybridized carbons (Fsp3) is 0.138. The van der Waals surface area contributed by atoms with Crippen molar-refractivity contribution < 1.29 is 9.90 Å². The molecule has 1 aromatic heterocycles. The lowest BCUT2D eigenvalue weighted by molar-refractivity contribution is 0.0701. The summed E-state index contributed by atoms with van der Waals surface area (Å²) in [6.07, 6.45) is 7.99. The average molecular weight is 437 g/mol. The van der Waals surface area contributed by atoms with Gasteiger partial charge in [-0.15, -0.1) is 0 Å². The van der Waals surface area contributed by atoms with E-state index in [1.54, 1.807) is 12.4 Å². The largest absolute Gasteiger partial charge is 0.478 e. The predicted molar refractivity (Wildman–Crippen MR) is 138 cm³/mol. The van der Waals surface area contributed by atoms with Crippen molar-refractivity contribution in [3.05, 3.63) is 114 Å². The molecule has 4 heteroatoms. The molecule has 4 nitrogen and oxygen atoms in total. The Morgan fingerprint density at radius 2 is 1.67 bits per heavy atom. The number of carboxylic acids is 1. The number of hydrogen-bond acceptors (Lipinski definition) is 3. The topological polar surface area (TPSA) is 62.5 Å². The minimum absolute atomic E-state index is 0.327. The van der Waals surface area contributed by atoms with Crippen LogP contribution in [-0.4, -0.2) is 22.3 Å². The Hall–Kier alpha value is -4.05. The summed E-state index contributed by atoms with van der Waals surface area (Å²) in [7, 11) is 0. The highest BCUT2D eigenvalue weighted by molar-refractivity contribution is 6.16. The number of aromatic nitrogens is 1. The number of carboxylic acid groups (broad SMARTS) is 1. The van der Waals surface area contributed by atoms with Crippen LogP contribution in [0.5, 0.6) is 0 Å². The summed E-state index contributed by atoms with van der Waals surface area (Å²) in [5.41, 5.74) is 4.28. The van der Waals surface area contributed by atoms with Gasteiger partial charge in [-0.05, 0) is 80.9 Å². The van der Waals surface area contributed by atoms with E-state index in [1.807, 2.05) is 74.6 Å². The second kappa shape index (κ2) is 11.0. The molecule has 0 atom stereocenters. The average Bonchev–Trinajstić information content (AvgIpc) is 2.83. The molecule has 0 aliphatic heterocycles. The number of fused-ring (bicyclic) bond motifs is 2. The summed E-state index contributed by atoms with van der Waals surface area (Å²) in [6.45, 7) is 11.6. The van der Waals surface area contributed by atoms with Gasteiger partial charge in [0.15, 0.2) is 0 Å². The lowest BCUT2D eigenvalue weighted by Gasteiger charge is -2.12. The first-order chi connectivity index (χ1) is 16.0.